The summed E-state index contributed by atoms with van der Waals surface area (Å²) in [5.41, 5.74) is -2.58. The third-order valence-corrected chi connectivity index (χ3v) is 3.73. The quantitative estimate of drug-likeness (QED) is 0.399. The van der Waals surface area contributed by atoms with Crippen LogP contribution in [0.2, 0.25) is 0 Å². The number of hydrogen-bond acceptors (Lipinski definition) is 5. The van der Waals surface area contributed by atoms with Gasteiger partial charge < -0.3 is 5.32 Å². The maximum atomic E-state index is 12.5. The molecule has 1 fully saturated rings. The molecule has 0 aliphatic carbocycles. The number of carbonyl (C=O) groups excluding carboxylic acids is 1. The van der Waals surface area contributed by atoms with Crippen molar-refractivity contribution < 1.29 is 14.9 Å². The Hall–Kier alpha value is -2.25. The van der Waals surface area contributed by atoms with Gasteiger partial charge in [-0.2, -0.15) is 0 Å². The van der Waals surface area contributed by atoms with Crippen molar-refractivity contribution >= 4 is 5.78 Å². The summed E-state index contributed by atoms with van der Waals surface area (Å²) in [6.07, 6.45) is 0. The maximum Gasteiger partial charge on any atom is 0.337 e. The lowest BCUT2D eigenvalue weighted by Gasteiger charge is -2.29. The molecule has 1 aliphatic heterocycles. The highest BCUT2D eigenvalue weighted by Gasteiger charge is 2.53. The number of rotatable bonds is 3. The van der Waals surface area contributed by atoms with Crippen LogP contribution >= 0.6 is 0 Å². The summed E-state index contributed by atoms with van der Waals surface area (Å²) in [6, 6.07) is 8.00. The van der Waals surface area contributed by atoms with Crippen molar-refractivity contribution in [2.75, 3.05) is 0 Å². The van der Waals surface area contributed by atoms with Crippen LogP contribution in [0.25, 0.3) is 0 Å². The fourth-order valence-electron chi connectivity index (χ4n) is 2.67. The molecule has 1 aromatic rings. The topological polar surface area (TPSA) is 95.4 Å². The number of hydrogen-bond donors (Lipinski definition) is 1. The fourth-order valence-corrected chi connectivity index (χ4v) is 2.67. The van der Waals surface area contributed by atoms with Gasteiger partial charge in [-0.25, -0.2) is 0 Å². The number of nitrogens with zero attached hydrogens (tertiary/aromatic N) is 2. The van der Waals surface area contributed by atoms with Crippen LogP contribution in [-0.2, 0) is 5.21 Å². The van der Waals surface area contributed by atoms with Gasteiger partial charge in [-0.1, -0.05) is 30.3 Å². The lowest BCUT2D eigenvalue weighted by atomic mass is 9.97. The number of ketones is 1. The minimum Gasteiger partial charge on any atom is -0.362 e. The Morgan fingerprint density at radius 1 is 1.18 bits per heavy atom. The van der Waals surface area contributed by atoms with Gasteiger partial charge in [0.25, 0.3) is 5.78 Å². The van der Waals surface area contributed by atoms with Gasteiger partial charge >= 0.3 is 5.70 Å². The predicted molar refractivity (Wildman–Crippen MR) is 78.6 cm³/mol. The predicted octanol–water partition coefficient (Wildman–Crippen LogP) is 2.12. The molecule has 2 rings (SSSR count). The first-order valence-electron chi connectivity index (χ1n) is 6.83. The number of carbonyl (C=O) groups is 1. The number of benzene rings is 1. The Morgan fingerprint density at radius 3 is 2.14 bits per heavy atom. The van der Waals surface area contributed by atoms with Crippen LogP contribution in [0.5, 0.6) is 0 Å². The van der Waals surface area contributed by atoms with Crippen molar-refractivity contribution in [1.29, 1.82) is 0 Å². The summed E-state index contributed by atoms with van der Waals surface area (Å²) in [6.45, 7) is 6.33. The molecular formula is C15H18N3O4. The number of hydroxylamine groups is 2. The molecule has 0 saturated carbocycles. The number of nitrogens with one attached hydrogen (secondary N) is 1. The summed E-state index contributed by atoms with van der Waals surface area (Å²) in [7, 11) is 0. The zero-order chi connectivity index (χ0) is 16.7. The minimum absolute atomic E-state index is 0.0337. The van der Waals surface area contributed by atoms with E-state index < -0.39 is 27.6 Å². The zero-order valence-electron chi connectivity index (χ0n) is 12.9. The molecule has 1 radical (unpaired) electrons. The summed E-state index contributed by atoms with van der Waals surface area (Å²) in [5, 5.41) is 27.4. The Kier molecular flexibility index (Phi) is 3.80. The lowest BCUT2D eigenvalue weighted by Crippen LogP contribution is -2.47. The highest BCUT2D eigenvalue weighted by molar-refractivity contribution is 6.07. The van der Waals surface area contributed by atoms with Crippen LogP contribution < -0.4 is 5.32 Å². The Balaban J connectivity index is 2.62. The standard InChI is InChI=1S/C15H18N3O4/c1-14(2)13(16-15(3,4)18(14)22)11(17(20)21)12(19)10-8-6-5-7-9-10/h5-9,16H,1-4H3/b13-11+. The van der Waals surface area contributed by atoms with Crippen LogP contribution in [0.4, 0.5) is 0 Å². The lowest BCUT2D eigenvalue weighted by molar-refractivity contribution is -0.418. The van der Waals surface area contributed by atoms with Crippen molar-refractivity contribution in [2.24, 2.45) is 0 Å². The molecule has 0 aromatic heterocycles. The second-order valence-electron chi connectivity index (χ2n) is 6.21. The molecule has 22 heavy (non-hydrogen) atoms. The van der Waals surface area contributed by atoms with E-state index in [1.165, 1.54) is 12.1 Å². The van der Waals surface area contributed by atoms with E-state index >= 15 is 0 Å². The molecule has 1 aliphatic rings. The Morgan fingerprint density at radius 2 is 1.73 bits per heavy atom. The van der Waals surface area contributed by atoms with E-state index in [1.807, 2.05) is 0 Å². The van der Waals surface area contributed by atoms with E-state index in [0.29, 0.717) is 0 Å². The maximum absolute atomic E-state index is 12.5. The molecule has 1 aromatic carbocycles. The van der Waals surface area contributed by atoms with Gasteiger partial charge in [0.1, 0.15) is 11.4 Å². The van der Waals surface area contributed by atoms with Gasteiger partial charge in [0.15, 0.2) is 0 Å². The third kappa shape index (κ3) is 2.49. The molecule has 1 saturated heterocycles. The van der Waals surface area contributed by atoms with Gasteiger partial charge in [-0.05, 0) is 27.7 Å². The molecule has 0 amide bonds. The van der Waals surface area contributed by atoms with E-state index in [9.17, 15) is 20.1 Å². The molecule has 0 spiro atoms. The third-order valence-electron chi connectivity index (χ3n) is 3.73. The van der Waals surface area contributed by atoms with Crippen molar-refractivity contribution in [3.8, 4) is 0 Å². The molecule has 1 heterocycles. The first-order valence-corrected chi connectivity index (χ1v) is 6.83. The second kappa shape index (κ2) is 5.19. The highest BCUT2D eigenvalue weighted by atomic mass is 16.6. The number of allylic oxidation sites excluding steroid dienone is 1. The van der Waals surface area contributed by atoms with Gasteiger partial charge in [-0.3, -0.25) is 14.9 Å². The smallest absolute Gasteiger partial charge is 0.337 e. The summed E-state index contributed by atoms with van der Waals surface area (Å²) >= 11 is 0. The van der Waals surface area contributed by atoms with Gasteiger partial charge in [0, 0.05) is 5.56 Å². The Labute approximate surface area is 128 Å². The van der Waals surface area contributed by atoms with Crippen molar-refractivity contribution in [2.45, 2.75) is 38.9 Å². The number of nitro groups is 1. The first-order chi connectivity index (χ1) is 10.1. The van der Waals surface area contributed by atoms with Crippen LogP contribution in [0.1, 0.15) is 38.1 Å². The van der Waals surface area contributed by atoms with Crippen LogP contribution in [0.3, 0.4) is 0 Å². The average molecular weight is 304 g/mol. The van der Waals surface area contributed by atoms with Crippen LogP contribution in [0, 0.1) is 10.1 Å². The first kappa shape index (κ1) is 16.1. The molecule has 117 valence electrons. The zero-order valence-corrected chi connectivity index (χ0v) is 12.9. The van der Waals surface area contributed by atoms with Crippen LogP contribution in [-0.4, -0.2) is 27.0 Å². The molecule has 0 atom stereocenters. The SMILES string of the molecule is CC1(C)N/C(=C(\C(=O)c2ccccc2)[N+](=O)[O-])C(C)(C)N1[O]. The number of Topliss-reactive ketones (excluding diaryl/α,β-unsaturated/α-hetero) is 1. The minimum atomic E-state index is -1.20. The molecule has 1 N–H and O–H groups in total. The molecule has 0 bridgehead atoms. The van der Waals surface area contributed by atoms with Gasteiger partial charge in [0.2, 0.25) is 0 Å². The van der Waals surface area contributed by atoms with Crippen molar-refractivity contribution in [3.63, 3.8) is 0 Å². The average Bonchev–Trinajstić information content (AvgIpc) is 2.60. The van der Waals surface area contributed by atoms with Crippen molar-refractivity contribution in [1.82, 2.24) is 10.4 Å². The van der Waals surface area contributed by atoms with Gasteiger partial charge in [0.05, 0.1) is 10.5 Å². The molecule has 7 heteroatoms. The summed E-state index contributed by atoms with van der Waals surface area (Å²) in [5.74, 6) is -0.715. The van der Waals surface area contributed by atoms with Crippen molar-refractivity contribution in [3.05, 3.63) is 57.4 Å². The Bertz CT molecular complexity index is 650. The van der Waals surface area contributed by atoms with Crippen LogP contribution in [0.15, 0.2) is 41.7 Å². The summed E-state index contributed by atoms with van der Waals surface area (Å²) in [4.78, 5) is 23.3. The molecule has 0 unspecified atom stereocenters. The van der Waals surface area contributed by atoms with E-state index in [2.05, 4.69) is 5.32 Å². The monoisotopic (exact) mass is 304 g/mol. The van der Waals surface area contributed by atoms with E-state index in [0.717, 1.165) is 5.06 Å². The van der Waals surface area contributed by atoms with E-state index in [4.69, 9.17) is 0 Å². The van der Waals surface area contributed by atoms with Gasteiger partial charge in [-0.15, -0.1) is 10.3 Å². The normalized spacial score (nSPS) is 22.0. The fraction of sp³-hybridized carbons (Fsp3) is 0.400. The largest absolute Gasteiger partial charge is 0.362 e. The second-order valence-corrected chi connectivity index (χ2v) is 6.21. The summed E-state index contributed by atoms with van der Waals surface area (Å²) < 4.78 is 0. The van der Waals surface area contributed by atoms with E-state index in [1.54, 1.807) is 45.9 Å². The molecular weight excluding hydrogens is 286 g/mol. The molecule has 7 nitrogen and oxygen atoms in total. The van der Waals surface area contributed by atoms with E-state index in [-0.39, 0.29) is 11.3 Å². The highest BCUT2D eigenvalue weighted by Crippen LogP contribution is 2.37.